The summed E-state index contributed by atoms with van der Waals surface area (Å²) < 4.78 is 11.4. The van der Waals surface area contributed by atoms with Gasteiger partial charge in [-0.2, -0.15) is 0 Å². The molecule has 3 heteroatoms. The molecule has 1 fully saturated rings. The minimum absolute atomic E-state index is 0.231. The molecule has 21 heavy (non-hydrogen) atoms. The van der Waals surface area contributed by atoms with Crippen LogP contribution in [0.4, 0.5) is 0 Å². The van der Waals surface area contributed by atoms with Crippen LogP contribution in [0.25, 0.3) is 0 Å². The summed E-state index contributed by atoms with van der Waals surface area (Å²) in [6.45, 7) is 8.20. The minimum Gasteiger partial charge on any atom is -0.484 e. The van der Waals surface area contributed by atoms with Crippen molar-refractivity contribution < 1.29 is 9.47 Å². The summed E-state index contributed by atoms with van der Waals surface area (Å²) in [5, 5.41) is 0.700. The molecule has 0 aromatic rings. The lowest BCUT2D eigenvalue weighted by molar-refractivity contribution is 0.216. The lowest BCUT2D eigenvalue weighted by Crippen LogP contribution is -2.33. The van der Waals surface area contributed by atoms with E-state index in [-0.39, 0.29) is 5.60 Å². The summed E-state index contributed by atoms with van der Waals surface area (Å²) in [6.07, 6.45) is 12.9. The molecule has 1 rings (SSSR count). The highest BCUT2D eigenvalue weighted by molar-refractivity contribution is 7.80. The fourth-order valence-corrected chi connectivity index (χ4v) is 3.16. The van der Waals surface area contributed by atoms with E-state index in [1.54, 1.807) is 0 Å². The van der Waals surface area contributed by atoms with E-state index in [9.17, 15) is 0 Å². The predicted octanol–water partition coefficient (Wildman–Crippen LogP) is 5.68. The van der Waals surface area contributed by atoms with Crippen LogP contribution in [-0.2, 0) is 9.47 Å². The van der Waals surface area contributed by atoms with E-state index in [0.717, 1.165) is 26.1 Å². The first kappa shape index (κ1) is 18.9. The molecule has 2 unspecified atom stereocenters. The monoisotopic (exact) mass is 314 g/mol. The maximum Gasteiger partial charge on any atom is 0.194 e. The smallest absolute Gasteiger partial charge is 0.194 e. The lowest BCUT2D eigenvalue weighted by Gasteiger charge is -2.21. The van der Waals surface area contributed by atoms with Gasteiger partial charge < -0.3 is 9.47 Å². The molecule has 0 amide bonds. The van der Waals surface area contributed by atoms with Gasteiger partial charge in [0, 0.05) is 0 Å². The third-order valence-electron chi connectivity index (χ3n) is 4.57. The van der Waals surface area contributed by atoms with Crippen molar-refractivity contribution in [3.8, 4) is 0 Å². The van der Waals surface area contributed by atoms with Crippen LogP contribution in [0.2, 0.25) is 0 Å². The van der Waals surface area contributed by atoms with Crippen molar-refractivity contribution in [2.75, 3.05) is 13.2 Å². The second-order valence-corrected chi connectivity index (χ2v) is 6.85. The van der Waals surface area contributed by atoms with Crippen LogP contribution in [0.15, 0.2) is 0 Å². The average Bonchev–Trinajstić information content (AvgIpc) is 3.28. The maximum absolute atomic E-state index is 5.71. The number of ether oxygens (including phenoxy) is 2. The Bertz CT molecular complexity index is 287. The van der Waals surface area contributed by atoms with E-state index < -0.39 is 0 Å². The molecule has 2 nitrogen and oxygen atoms in total. The van der Waals surface area contributed by atoms with Crippen molar-refractivity contribution in [2.45, 2.75) is 90.6 Å². The number of hydrogen-bond donors (Lipinski definition) is 0. The Kier molecular flexibility index (Phi) is 9.50. The Hall–Kier alpha value is -0.150. The van der Waals surface area contributed by atoms with Crippen molar-refractivity contribution in [2.24, 2.45) is 5.92 Å². The zero-order chi connectivity index (χ0) is 15.6. The van der Waals surface area contributed by atoms with Gasteiger partial charge in [0.05, 0.1) is 13.2 Å². The summed E-state index contributed by atoms with van der Waals surface area (Å²) in [5.74, 6) is 0.488. The number of rotatable bonds is 13. The highest BCUT2D eigenvalue weighted by atomic mass is 32.1. The Balaban J connectivity index is 2.13. The molecule has 0 saturated carbocycles. The molecule has 0 bridgehead atoms. The Morgan fingerprint density at radius 3 is 2.19 bits per heavy atom. The maximum atomic E-state index is 5.71. The average molecular weight is 315 g/mol. The van der Waals surface area contributed by atoms with Crippen molar-refractivity contribution in [1.29, 1.82) is 0 Å². The summed E-state index contributed by atoms with van der Waals surface area (Å²) in [5.41, 5.74) is -0.231. The van der Waals surface area contributed by atoms with Gasteiger partial charge in [-0.25, -0.2) is 0 Å². The van der Waals surface area contributed by atoms with Crippen molar-refractivity contribution >= 4 is 17.3 Å². The molecule has 1 aliphatic rings. The first-order valence-electron chi connectivity index (χ1n) is 8.98. The molecule has 1 saturated heterocycles. The fraction of sp³-hybridized carbons (Fsp3) is 0.944. The van der Waals surface area contributed by atoms with Gasteiger partial charge in [-0.1, -0.05) is 72.1 Å². The van der Waals surface area contributed by atoms with Crippen LogP contribution in [0.5, 0.6) is 0 Å². The molecule has 0 spiro atoms. The zero-order valence-corrected chi connectivity index (χ0v) is 15.1. The third kappa shape index (κ3) is 6.65. The first-order chi connectivity index (χ1) is 10.2. The molecule has 1 heterocycles. The largest absolute Gasteiger partial charge is 0.484 e. The molecule has 0 aromatic carbocycles. The molecule has 0 radical (unpaired) electrons. The van der Waals surface area contributed by atoms with E-state index in [0.29, 0.717) is 11.0 Å². The predicted molar refractivity (Wildman–Crippen MR) is 93.9 cm³/mol. The van der Waals surface area contributed by atoms with Crippen LogP contribution < -0.4 is 0 Å². The second kappa shape index (κ2) is 10.6. The van der Waals surface area contributed by atoms with Crippen LogP contribution in [-0.4, -0.2) is 23.9 Å². The van der Waals surface area contributed by atoms with E-state index in [1.807, 2.05) is 0 Å². The highest BCUT2D eigenvalue weighted by Crippen LogP contribution is 2.40. The molecule has 0 N–H and O–H groups in total. The number of hydrogen-bond acceptors (Lipinski definition) is 3. The summed E-state index contributed by atoms with van der Waals surface area (Å²) in [7, 11) is 0. The van der Waals surface area contributed by atoms with E-state index in [2.05, 4.69) is 20.8 Å². The standard InChI is InChI=1S/C18H34O2S/c1-4-6-8-9-10-11-12-13-16(3)18(15-20-18)17(21)19-14-7-5-2/h16H,4-15H2,1-3H3. The van der Waals surface area contributed by atoms with Crippen LogP contribution in [0.1, 0.15) is 85.0 Å². The van der Waals surface area contributed by atoms with Gasteiger partial charge in [0.15, 0.2) is 10.7 Å². The number of thiocarbonyl (C=S) groups is 1. The normalized spacial score (nSPS) is 22.0. The molecule has 2 atom stereocenters. The van der Waals surface area contributed by atoms with Crippen LogP contribution in [0, 0.1) is 5.92 Å². The molecule has 0 aliphatic carbocycles. The minimum atomic E-state index is -0.231. The van der Waals surface area contributed by atoms with Gasteiger partial charge in [0.2, 0.25) is 0 Å². The van der Waals surface area contributed by atoms with Crippen LogP contribution >= 0.6 is 12.2 Å². The van der Waals surface area contributed by atoms with Crippen molar-refractivity contribution in [1.82, 2.24) is 0 Å². The van der Waals surface area contributed by atoms with Crippen LogP contribution in [0.3, 0.4) is 0 Å². The van der Waals surface area contributed by atoms with E-state index >= 15 is 0 Å². The Morgan fingerprint density at radius 2 is 1.62 bits per heavy atom. The van der Waals surface area contributed by atoms with Gasteiger partial charge in [-0.15, -0.1) is 0 Å². The number of epoxide rings is 1. The second-order valence-electron chi connectivity index (χ2n) is 6.48. The topological polar surface area (TPSA) is 21.8 Å². The van der Waals surface area contributed by atoms with Crippen molar-refractivity contribution in [3.63, 3.8) is 0 Å². The summed E-state index contributed by atoms with van der Waals surface area (Å²) in [4.78, 5) is 0. The van der Waals surface area contributed by atoms with Gasteiger partial charge in [0.1, 0.15) is 0 Å². The fourth-order valence-electron chi connectivity index (χ4n) is 2.75. The van der Waals surface area contributed by atoms with Gasteiger partial charge in [-0.3, -0.25) is 0 Å². The lowest BCUT2D eigenvalue weighted by atomic mass is 9.90. The quantitative estimate of drug-likeness (QED) is 0.248. The van der Waals surface area contributed by atoms with E-state index in [1.165, 1.54) is 51.4 Å². The molecule has 124 valence electrons. The zero-order valence-electron chi connectivity index (χ0n) is 14.3. The Morgan fingerprint density at radius 1 is 1.05 bits per heavy atom. The third-order valence-corrected chi connectivity index (χ3v) is 5.03. The van der Waals surface area contributed by atoms with Gasteiger partial charge in [0.25, 0.3) is 0 Å². The number of unbranched alkanes of at least 4 members (excludes halogenated alkanes) is 7. The molecule has 1 aliphatic heterocycles. The SMILES string of the molecule is CCCCCCCCCC(C)C1(C(=S)OCCCC)CO1. The first-order valence-corrected chi connectivity index (χ1v) is 9.39. The summed E-state index contributed by atoms with van der Waals surface area (Å²) in [6, 6.07) is 0. The van der Waals surface area contributed by atoms with Gasteiger partial charge >= 0.3 is 0 Å². The van der Waals surface area contributed by atoms with Crippen molar-refractivity contribution in [3.05, 3.63) is 0 Å². The molecular weight excluding hydrogens is 280 g/mol. The van der Waals surface area contributed by atoms with E-state index in [4.69, 9.17) is 21.7 Å². The highest BCUT2D eigenvalue weighted by Gasteiger charge is 2.54. The Labute approximate surface area is 137 Å². The van der Waals surface area contributed by atoms with Gasteiger partial charge in [-0.05, 0) is 31.0 Å². The molecular formula is C18H34O2S. The summed E-state index contributed by atoms with van der Waals surface area (Å²) >= 11 is 5.44. The molecule has 0 aromatic heterocycles.